The SMILES string of the molecule is C#CCN(S(C)(C)C)S(C)(C)C. The summed E-state index contributed by atoms with van der Waals surface area (Å²) in [7, 11) is -1.31. The van der Waals surface area contributed by atoms with E-state index in [1.165, 1.54) is 0 Å². The monoisotopic (exact) mass is 207 g/mol. The molecule has 0 saturated heterocycles. The van der Waals surface area contributed by atoms with Crippen molar-refractivity contribution in [3.8, 4) is 12.3 Å². The van der Waals surface area contributed by atoms with Gasteiger partial charge in [0.15, 0.2) is 0 Å². The lowest BCUT2D eigenvalue weighted by molar-refractivity contribution is 0.827. The molecule has 0 unspecified atom stereocenters. The second kappa shape index (κ2) is 3.95. The van der Waals surface area contributed by atoms with Crippen LogP contribution in [0.25, 0.3) is 0 Å². The van der Waals surface area contributed by atoms with Crippen LogP contribution in [0, 0.1) is 12.3 Å². The van der Waals surface area contributed by atoms with E-state index in [1.807, 2.05) is 0 Å². The molecule has 0 aromatic heterocycles. The zero-order valence-electron chi connectivity index (χ0n) is 9.05. The van der Waals surface area contributed by atoms with E-state index in [4.69, 9.17) is 6.42 Å². The summed E-state index contributed by atoms with van der Waals surface area (Å²) in [6, 6.07) is 0. The highest BCUT2D eigenvalue weighted by molar-refractivity contribution is 8.43. The van der Waals surface area contributed by atoms with Crippen molar-refractivity contribution in [2.45, 2.75) is 0 Å². The van der Waals surface area contributed by atoms with Crippen LogP contribution in [0.1, 0.15) is 0 Å². The Balaban J connectivity index is 4.59. The number of terminal acetylenes is 1. The lowest BCUT2D eigenvalue weighted by atomic mass is 10.7. The lowest BCUT2D eigenvalue weighted by Gasteiger charge is -2.50. The third kappa shape index (κ3) is 3.75. The topological polar surface area (TPSA) is 3.24 Å². The van der Waals surface area contributed by atoms with Gasteiger partial charge in [0.1, 0.15) is 0 Å². The summed E-state index contributed by atoms with van der Waals surface area (Å²) in [4.78, 5) is 0. The zero-order chi connectivity index (χ0) is 9.99. The molecule has 0 radical (unpaired) electrons. The molecule has 0 rings (SSSR count). The minimum atomic E-state index is -0.657. The third-order valence-electron chi connectivity index (χ3n) is 1.44. The first kappa shape index (κ1) is 12.2. The van der Waals surface area contributed by atoms with Crippen molar-refractivity contribution < 1.29 is 0 Å². The molecule has 0 atom stereocenters. The summed E-state index contributed by atoms with van der Waals surface area (Å²) < 4.78 is 2.49. The van der Waals surface area contributed by atoms with Gasteiger partial charge < -0.3 is 0 Å². The minimum Gasteiger partial charge on any atom is -0.220 e. The largest absolute Gasteiger partial charge is 0.220 e. The fourth-order valence-corrected chi connectivity index (χ4v) is 7.42. The van der Waals surface area contributed by atoms with E-state index < -0.39 is 20.4 Å². The van der Waals surface area contributed by atoms with Crippen LogP contribution in [0.5, 0.6) is 0 Å². The fraction of sp³-hybridized carbons (Fsp3) is 0.778. The second-order valence-electron chi connectivity index (χ2n) is 4.24. The van der Waals surface area contributed by atoms with Crippen molar-refractivity contribution in [2.24, 2.45) is 0 Å². The molecule has 74 valence electrons. The van der Waals surface area contributed by atoms with Crippen molar-refractivity contribution in [1.29, 1.82) is 0 Å². The summed E-state index contributed by atoms with van der Waals surface area (Å²) in [6.07, 6.45) is 19.1. The van der Waals surface area contributed by atoms with Gasteiger partial charge >= 0.3 is 0 Å². The smallest absolute Gasteiger partial charge is 0.0777 e. The summed E-state index contributed by atoms with van der Waals surface area (Å²) in [6.45, 7) is 0.789. The van der Waals surface area contributed by atoms with Crippen LogP contribution in [0.3, 0.4) is 0 Å². The molecule has 0 aromatic carbocycles. The molecule has 12 heavy (non-hydrogen) atoms. The van der Waals surface area contributed by atoms with E-state index in [9.17, 15) is 0 Å². The van der Waals surface area contributed by atoms with Gasteiger partial charge in [0.05, 0.1) is 6.54 Å². The number of hydrogen-bond acceptors (Lipinski definition) is 1. The fourth-order valence-electron chi connectivity index (χ4n) is 1.13. The molecule has 1 nitrogen and oxygen atoms in total. The maximum Gasteiger partial charge on any atom is 0.0777 e. The number of rotatable bonds is 3. The first-order valence-corrected chi connectivity index (χ1v) is 9.40. The second-order valence-corrected chi connectivity index (χ2v) is 12.4. The van der Waals surface area contributed by atoms with Crippen LogP contribution < -0.4 is 0 Å². The Morgan fingerprint density at radius 2 is 1.33 bits per heavy atom. The van der Waals surface area contributed by atoms with Gasteiger partial charge in [0, 0.05) is 0 Å². The highest BCUT2D eigenvalue weighted by Gasteiger charge is 2.23. The molecule has 0 spiro atoms. The van der Waals surface area contributed by atoms with E-state index in [2.05, 4.69) is 47.2 Å². The summed E-state index contributed by atoms with van der Waals surface area (Å²) in [5.74, 6) is 2.75. The molecule has 0 N–H and O–H groups in total. The van der Waals surface area contributed by atoms with Crippen molar-refractivity contribution >= 4 is 20.4 Å². The molecule has 3 heteroatoms. The van der Waals surface area contributed by atoms with Gasteiger partial charge in [0.25, 0.3) is 0 Å². The molecule has 0 bridgehead atoms. The van der Waals surface area contributed by atoms with E-state index in [0.717, 1.165) is 6.54 Å². The van der Waals surface area contributed by atoms with Gasteiger partial charge in [-0.3, -0.25) is 0 Å². The maximum absolute atomic E-state index is 5.36. The Kier molecular flexibility index (Phi) is 4.02. The number of nitrogens with zero attached hydrogens (tertiary/aromatic N) is 1. The standard InChI is InChI=1S/C9H21NS2/c1-8-9-10(11(2,3)4)12(5,6)7/h1H,9H2,2-7H3. The quantitative estimate of drug-likeness (QED) is 0.641. The predicted molar refractivity (Wildman–Crippen MR) is 66.3 cm³/mol. The number of hydrogen-bond donors (Lipinski definition) is 0. The maximum atomic E-state index is 5.36. The molecular formula is C9H21NS2. The van der Waals surface area contributed by atoms with Crippen LogP contribution in [-0.4, -0.2) is 47.8 Å². The Morgan fingerprint density at radius 1 is 1.00 bits per heavy atom. The van der Waals surface area contributed by atoms with E-state index >= 15 is 0 Å². The highest BCUT2D eigenvalue weighted by Crippen LogP contribution is 2.56. The molecule has 0 heterocycles. The molecular weight excluding hydrogens is 186 g/mol. The summed E-state index contributed by atoms with van der Waals surface area (Å²) in [5, 5.41) is 0. The third-order valence-corrected chi connectivity index (χ3v) is 6.83. The average Bonchev–Trinajstić information content (AvgIpc) is 1.77. The predicted octanol–water partition coefficient (Wildman–Crippen LogP) is 2.14. The van der Waals surface area contributed by atoms with Gasteiger partial charge in [-0.05, 0) is 37.5 Å². The van der Waals surface area contributed by atoms with Crippen LogP contribution >= 0.6 is 20.4 Å². The van der Waals surface area contributed by atoms with Crippen molar-refractivity contribution in [3.63, 3.8) is 0 Å². The molecule has 0 aliphatic carbocycles. The van der Waals surface area contributed by atoms with E-state index in [-0.39, 0.29) is 0 Å². The van der Waals surface area contributed by atoms with Gasteiger partial charge in [0.2, 0.25) is 0 Å². The van der Waals surface area contributed by atoms with Crippen LogP contribution in [0.15, 0.2) is 0 Å². The Morgan fingerprint density at radius 3 is 1.42 bits per heavy atom. The zero-order valence-corrected chi connectivity index (χ0v) is 10.7. The van der Waals surface area contributed by atoms with Gasteiger partial charge in [-0.25, -0.2) is 3.71 Å². The molecule has 0 saturated carbocycles. The van der Waals surface area contributed by atoms with E-state index in [0.29, 0.717) is 0 Å². The van der Waals surface area contributed by atoms with Gasteiger partial charge in [-0.15, -0.1) is 6.42 Å². The summed E-state index contributed by atoms with van der Waals surface area (Å²) in [5.41, 5.74) is 0. The van der Waals surface area contributed by atoms with E-state index in [1.54, 1.807) is 0 Å². The normalized spacial score (nSPS) is 15.8. The first-order chi connectivity index (χ1) is 5.19. The highest BCUT2D eigenvalue weighted by atomic mass is 32.3. The summed E-state index contributed by atoms with van der Waals surface area (Å²) >= 11 is 0. The first-order valence-electron chi connectivity index (χ1n) is 3.77. The Bertz CT molecular complexity index is 166. The average molecular weight is 207 g/mol. The molecule has 0 aliphatic heterocycles. The molecule has 0 amide bonds. The molecule has 0 aromatic rings. The molecule has 0 fully saturated rings. The van der Waals surface area contributed by atoms with Crippen LogP contribution in [-0.2, 0) is 0 Å². The lowest BCUT2D eigenvalue weighted by Crippen LogP contribution is -2.28. The minimum absolute atomic E-state index is 0.657. The van der Waals surface area contributed by atoms with Gasteiger partial charge in [-0.2, -0.15) is 20.4 Å². The van der Waals surface area contributed by atoms with Crippen molar-refractivity contribution in [3.05, 3.63) is 0 Å². The van der Waals surface area contributed by atoms with Crippen LogP contribution in [0.4, 0.5) is 0 Å². The Hall–Kier alpha value is 0.220. The van der Waals surface area contributed by atoms with Crippen molar-refractivity contribution in [1.82, 2.24) is 3.71 Å². The Labute approximate surface area is 80.8 Å². The van der Waals surface area contributed by atoms with Gasteiger partial charge in [-0.1, -0.05) is 5.92 Å². The van der Waals surface area contributed by atoms with Crippen molar-refractivity contribution in [2.75, 3.05) is 44.1 Å². The van der Waals surface area contributed by atoms with Crippen LogP contribution in [0.2, 0.25) is 0 Å². The molecule has 0 aliphatic rings.